The van der Waals surface area contributed by atoms with E-state index in [1.54, 1.807) is 35.2 Å². The highest BCUT2D eigenvalue weighted by molar-refractivity contribution is 9.11. The van der Waals surface area contributed by atoms with Crippen molar-refractivity contribution in [2.75, 3.05) is 50.3 Å². The summed E-state index contributed by atoms with van der Waals surface area (Å²) in [6.45, 7) is 1.32. The Kier molecular flexibility index (Phi) is 6.79. The number of carbonyl (C=O) groups is 3. The molecule has 1 aromatic heterocycles. The number of hydrogen-bond acceptors (Lipinski definition) is 7. The molecule has 0 spiro atoms. The molecule has 32 heavy (non-hydrogen) atoms. The Bertz CT molecular complexity index is 1040. The molecule has 2 aliphatic rings. The predicted octanol–water partition coefficient (Wildman–Crippen LogP) is 2.41. The van der Waals surface area contributed by atoms with Crippen molar-refractivity contribution in [2.24, 2.45) is 0 Å². The quantitative estimate of drug-likeness (QED) is 0.602. The van der Waals surface area contributed by atoms with Crippen molar-refractivity contribution in [1.82, 2.24) is 5.32 Å². The molecule has 1 unspecified atom stereocenters. The lowest BCUT2D eigenvalue weighted by Crippen LogP contribution is -2.57. The van der Waals surface area contributed by atoms with Crippen molar-refractivity contribution < 1.29 is 28.6 Å². The number of carbonyl (C=O) groups excluding carboxylic acids is 3. The number of rotatable bonds is 6. The van der Waals surface area contributed by atoms with Gasteiger partial charge in [-0.2, -0.15) is 0 Å². The van der Waals surface area contributed by atoms with Crippen molar-refractivity contribution in [2.45, 2.75) is 12.0 Å². The molecule has 4 rings (SSSR count). The number of methoxy groups -OCH3 is 1. The summed E-state index contributed by atoms with van der Waals surface area (Å²) in [5, 5.41) is 5.71. The number of hydrogen-bond donors (Lipinski definition) is 2. The number of nitrogens with zero attached hydrogens (tertiary/aromatic N) is 1. The van der Waals surface area contributed by atoms with Crippen LogP contribution in [0.25, 0.3) is 0 Å². The molecule has 2 saturated heterocycles. The van der Waals surface area contributed by atoms with Gasteiger partial charge in [-0.05, 0) is 40.2 Å². The largest absolute Gasteiger partial charge is 0.494 e. The zero-order valence-electron chi connectivity index (χ0n) is 17.3. The molecule has 2 aromatic rings. The molecule has 11 heteroatoms. The van der Waals surface area contributed by atoms with Crippen molar-refractivity contribution in [3.8, 4) is 5.75 Å². The maximum Gasteiger partial charge on any atom is 0.262 e. The molecule has 2 fully saturated rings. The van der Waals surface area contributed by atoms with E-state index in [9.17, 15) is 14.4 Å². The topological polar surface area (TPSA) is 106 Å². The van der Waals surface area contributed by atoms with E-state index in [2.05, 4.69) is 26.6 Å². The lowest BCUT2D eigenvalue weighted by atomic mass is 9.97. The van der Waals surface area contributed by atoms with Crippen LogP contribution in [0.4, 0.5) is 11.4 Å². The number of benzene rings is 1. The number of anilines is 2. The fourth-order valence-electron chi connectivity index (χ4n) is 3.62. The Labute approximate surface area is 197 Å². The molecule has 1 atom stereocenters. The Balaban J connectivity index is 1.52. The van der Waals surface area contributed by atoms with E-state index in [1.807, 2.05) is 0 Å². The van der Waals surface area contributed by atoms with Crippen LogP contribution < -0.4 is 20.3 Å². The molecular formula is C21H22BrN3O6S. The fourth-order valence-corrected chi connectivity index (χ4v) is 4.90. The van der Waals surface area contributed by atoms with Gasteiger partial charge in [-0.1, -0.05) is 0 Å². The van der Waals surface area contributed by atoms with Gasteiger partial charge in [-0.15, -0.1) is 11.3 Å². The first-order chi connectivity index (χ1) is 15.4. The smallest absolute Gasteiger partial charge is 0.262 e. The summed E-state index contributed by atoms with van der Waals surface area (Å²) in [4.78, 5) is 40.2. The molecule has 9 nitrogen and oxygen atoms in total. The maximum absolute atomic E-state index is 13.2. The fraction of sp³-hybridized carbons (Fsp3) is 0.381. The van der Waals surface area contributed by atoms with Gasteiger partial charge in [-0.25, -0.2) is 0 Å². The average molecular weight is 524 g/mol. The first-order valence-corrected chi connectivity index (χ1v) is 11.6. The second-order valence-corrected chi connectivity index (χ2v) is 9.84. The molecule has 0 saturated carbocycles. The zero-order valence-corrected chi connectivity index (χ0v) is 19.7. The van der Waals surface area contributed by atoms with E-state index >= 15 is 0 Å². The first-order valence-electron chi connectivity index (χ1n) is 9.95. The molecule has 0 aliphatic carbocycles. The van der Waals surface area contributed by atoms with Gasteiger partial charge in [0.2, 0.25) is 0 Å². The predicted molar refractivity (Wildman–Crippen MR) is 122 cm³/mol. The second-order valence-electron chi connectivity index (χ2n) is 7.38. The summed E-state index contributed by atoms with van der Waals surface area (Å²) in [5.74, 6) is -0.421. The zero-order chi connectivity index (χ0) is 22.7. The van der Waals surface area contributed by atoms with E-state index in [4.69, 9.17) is 14.2 Å². The Morgan fingerprint density at radius 1 is 1.22 bits per heavy atom. The lowest BCUT2D eigenvalue weighted by molar-refractivity contribution is -0.125. The number of amides is 3. The minimum absolute atomic E-state index is 0.0185. The van der Waals surface area contributed by atoms with Crippen LogP contribution in [0.2, 0.25) is 0 Å². The van der Waals surface area contributed by atoms with E-state index in [0.717, 1.165) is 3.79 Å². The number of nitrogens with one attached hydrogen (secondary N) is 2. The lowest BCUT2D eigenvalue weighted by Gasteiger charge is -2.29. The van der Waals surface area contributed by atoms with Crippen molar-refractivity contribution in [3.63, 3.8) is 0 Å². The van der Waals surface area contributed by atoms with Crippen LogP contribution in [0, 0.1) is 0 Å². The van der Waals surface area contributed by atoms with E-state index in [0.29, 0.717) is 48.2 Å². The van der Waals surface area contributed by atoms with Crippen molar-refractivity contribution in [3.05, 3.63) is 39.0 Å². The number of ether oxygens (including phenoxy) is 3. The van der Waals surface area contributed by atoms with Crippen LogP contribution in [0.3, 0.4) is 0 Å². The third kappa shape index (κ3) is 4.65. The second kappa shape index (κ2) is 9.57. The Hall–Kier alpha value is -2.47. The van der Waals surface area contributed by atoms with E-state index in [-0.39, 0.29) is 30.9 Å². The Morgan fingerprint density at radius 2 is 2.06 bits per heavy atom. The van der Waals surface area contributed by atoms with Crippen LogP contribution in [-0.2, 0) is 19.1 Å². The highest BCUT2D eigenvalue weighted by Gasteiger charge is 2.44. The number of thiophene rings is 1. The molecule has 1 aromatic carbocycles. The van der Waals surface area contributed by atoms with Crippen LogP contribution in [-0.4, -0.2) is 63.3 Å². The summed E-state index contributed by atoms with van der Waals surface area (Å²) < 4.78 is 16.9. The van der Waals surface area contributed by atoms with Gasteiger partial charge >= 0.3 is 0 Å². The third-order valence-corrected chi connectivity index (χ3v) is 6.94. The normalized spacial score (nSPS) is 20.8. The molecule has 170 valence electrons. The van der Waals surface area contributed by atoms with Gasteiger partial charge in [-0.3, -0.25) is 14.4 Å². The van der Waals surface area contributed by atoms with Crippen LogP contribution >= 0.6 is 27.3 Å². The molecule has 0 radical (unpaired) electrons. The van der Waals surface area contributed by atoms with E-state index in [1.165, 1.54) is 18.4 Å². The highest BCUT2D eigenvalue weighted by atomic mass is 79.9. The van der Waals surface area contributed by atoms with Gasteiger partial charge < -0.3 is 29.7 Å². The maximum atomic E-state index is 13.2. The standard InChI is InChI=1S/C21H22BrN3O6S/c1-29-15-10-13(2-3-14(15)25-7-9-30-11-18(25)26)23-20(28)21(6-8-31-12-21)24-19(27)16-4-5-17(22)32-16/h2-5,10H,6-9,11-12H2,1H3,(H,23,28)(H,24,27). The summed E-state index contributed by atoms with van der Waals surface area (Å²) in [6, 6.07) is 8.54. The van der Waals surface area contributed by atoms with Gasteiger partial charge in [0.25, 0.3) is 17.7 Å². The van der Waals surface area contributed by atoms with Crippen LogP contribution in [0.5, 0.6) is 5.75 Å². The molecule has 3 amide bonds. The van der Waals surface area contributed by atoms with Gasteiger partial charge in [0.05, 0.1) is 34.7 Å². The minimum atomic E-state index is -1.18. The highest BCUT2D eigenvalue weighted by Crippen LogP contribution is 2.33. The molecule has 2 N–H and O–H groups in total. The Morgan fingerprint density at radius 3 is 2.72 bits per heavy atom. The molecule has 2 aliphatic heterocycles. The number of morpholine rings is 1. The van der Waals surface area contributed by atoms with Gasteiger partial charge in [0.15, 0.2) is 0 Å². The summed E-state index contributed by atoms with van der Waals surface area (Å²) >= 11 is 4.63. The first kappa shape index (κ1) is 22.7. The molecule has 0 bridgehead atoms. The van der Waals surface area contributed by atoms with E-state index < -0.39 is 5.54 Å². The molecular weight excluding hydrogens is 502 g/mol. The third-order valence-electron chi connectivity index (χ3n) is 5.32. The SMILES string of the molecule is COc1cc(NC(=O)C2(NC(=O)c3ccc(Br)s3)CCOC2)ccc1N1CCOCC1=O. The van der Waals surface area contributed by atoms with Crippen LogP contribution in [0.15, 0.2) is 34.1 Å². The number of halogens is 1. The van der Waals surface area contributed by atoms with Crippen molar-refractivity contribution >= 4 is 56.4 Å². The molecule has 3 heterocycles. The van der Waals surface area contributed by atoms with Crippen molar-refractivity contribution in [1.29, 1.82) is 0 Å². The minimum Gasteiger partial charge on any atom is -0.494 e. The van der Waals surface area contributed by atoms with Crippen LogP contribution in [0.1, 0.15) is 16.1 Å². The summed E-state index contributed by atoms with van der Waals surface area (Å²) in [5.41, 5.74) is -0.0930. The van der Waals surface area contributed by atoms with Gasteiger partial charge in [0, 0.05) is 31.3 Å². The summed E-state index contributed by atoms with van der Waals surface area (Å²) in [7, 11) is 1.50. The summed E-state index contributed by atoms with van der Waals surface area (Å²) in [6.07, 6.45) is 0.356. The average Bonchev–Trinajstić information content (AvgIpc) is 3.44. The monoisotopic (exact) mass is 523 g/mol. The van der Waals surface area contributed by atoms with Gasteiger partial charge in [0.1, 0.15) is 17.9 Å².